The van der Waals surface area contributed by atoms with Gasteiger partial charge in [0.05, 0.1) is 18.7 Å². The summed E-state index contributed by atoms with van der Waals surface area (Å²) < 4.78 is 10.6. The molecule has 0 fully saturated rings. The molecule has 0 spiro atoms. The van der Waals surface area contributed by atoms with Crippen LogP contribution in [-0.4, -0.2) is 29.4 Å². The minimum Gasteiger partial charge on any atom is -0.504 e. The zero-order chi connectivity index (χ0) is 22.1. The van der Waals surface area contributed by atoms with Crippen molar-refractivity contribution in [3.63, 3.8) is 0 Å². The molecule has 9 nitrogen and oxygen atoms in total. The Labute approximate surface area is 173 Å². The summed E-state index contributed by atoms with van der Waals surface area (Å²) in [5.74, 6) is -1.12. The van der Waals surface area contributed by atoms with E-state index in [1.165, 1.54) is 30.8 Å². The third-order valence-corrected chi connectivity index (χ3v) is 4.16. The van der Waals surface area contributed by atoms with Crippen molar-refractivity contribution in [1.82, 2.24) is 5.48 Å². The van der Waals surface area contributed by atoms with Gasteiger partial charge in [-0.1, -0.05) is 19.1 Å². The Morgan fingerprint density at radius 2 is 1.90 bits per heavy atom. The lowest BCUT2D eigenvalue weighted by molar-refractivity contribution is -0.124. The highest BCUT2D eigenvalue weighted by molar-refractivity contribution is 5.86. The van der Waals surface area contributed by atoms with Crippen molar-refractivity contribution < 1.29 is 29.4 Å². The summed E-state index contributed by atoms with van der Waals surface area (Å²) >= 11 is 0. The summed E-state index contributed by atoms with van der Waals surface area (Å²) in [4.78, 5) is 23.7. The van der Waals surface area contributed by atoms with Crippen molar-refractivity contribution in [3.05, 3.63) is 65.7 Å². The first-order chi connectivity index (χ1) is 14.4. The Kier molecular flexibility index (Phi) is 7.79. The van der Waals surface area contributed by atoms with E-state index in [-0.39, 0.29) is 11.5 Å². The summed E-state index contributed by atoms with van der Waals surface area (Å²) in [7, 11) is 1.41. The van der Waals surface area contributed by atoms with Gasteiger partial charge in [-0.25, -0.2) is 10.3 Å². The number of nitrogens with zero attached hydrogens (tertiary/aromatic N) is 1. The molecule has 156 valence electrons. The Balaban J connectivity index is 2.24. The highest BCUT2D eigenvalue weighted by atomic mass is 16.6. The monoisotopic (exact) mass is 411 g/mol. The Hall–Kier alpha value is -4.03. The van der Waals surface area contributed by atoms with Crippen LogP contribution in [0.1, 0.15) is 24.2 Å². The van der Waals surface area contributed by atoms with Gasteiger partial charge in [0.1, 0.15) is 6.10 Å². The van der Waals surface area contributed by atoms with Gasteiger partial charge in [0.2, 0.25) is 0 Å². The van der Waals surface area contributed by atoms with E-state index >= 15 is 0 Å². The van der Waals surface area contributed by atoms with E-state index in [0.717, 1.165) is 6.08 Å². The highest BCUT2D eigenvalue weighted by Gasteiger charge is 2.24. The van der Waals surface area contributed by atoms with Crippen LogP contribution < -0.4 is 15.5 Å². The average molecular weight is 411 g/mol. The van der Waals surface area contributed by atoms with Crippen LogP contribution in [0.25, 0.3) is 0 Å². The normalized spacial score (nSPS) is 12.5. The van der Waals surface area contributed by atoms with Crippen LogP contribution in [0.5, 0.6) is 11.5 Å². The standard InChI is InChI=1S/C21H21N3O6/c1-13(3-10-19(26)24-28)20(15-6-9-18(29-2)17(25)11-15)30-21(27)23-16-7-4-14(12-22)5-8-16/h3-11,13,20,25,28H,1-2H3,(H,23,27)(H,24,26)/b10-3+/t13-,20+/m1/s1. The van der Waals surface area contributed by atoms with Crippen molar-refractivity contribution in [2.75, 3.05) is 12.4 Å². The van der Waals surface area contributed by atoms with Gasteiger partial charge in [-0.3, -0.25) is 15.3 Å². The van der Waals surface area contributed by atoms with Crippen molar-refractivity contribution in [2.24, 2.45) is 5.92 Å². The van der Waals surface area contributed by atoms with Crippen LogP contribution in [0.2, 0.25) is 0 Å². The number of hydrogen-bond donors (Lipinski definition) is 4. The first kappa shape index (κ1) is 22.3. The van der Waals surface area contributed by atoms with Gasteiger partial charge in [0.25, 0.3) is 5.91 Å². The minimum atomic E-state index is -0.872. The van der Waals surface area contributed by atoms with E-state index in [4.69, 9.17) is 19.9 Å². The first-order valence-electron chi connectivity index (χ1n) is 8.85. The number of carbonyl (C=O) groups is 2. The summed E-state index contributed by atoms with van der Waals surface area (Å²) in [6.45, 7) is 1.70. The molecule has 2 aromatic carbocycles. The smallest absolute Gasteiger partial charge is 0.412 e. The number of ether oxygens (including phenoxy) is 2. The molecule has 2 amide bonds. The van der Waals surface area contributed by atoms with Crippen LogP contribution in [-0.2, 0) is 9.53 Å². The molecule has 0 aliphatic heterocycles. The molecule has 2 aromatic rings. The lowest BCUT2D eigenvalue weighted by Gasteiger charge is -2.23. The number of methoxy groups -OCH3 is 1. The number of aromatic hydroxyl groups is 1. The topological polar surface area (TPSA) is 141 Å². The van der Waals surface area contributed by atoms with Crippen molar-refractivity contribution in [3.8, 4) is 17.6 Å². The summed E-state index contributed by atoms with van der Waals surface area (Å²) in [6.07, 6.45) is 0.907. The molecule has 0 aliphatic rings. The lowest BCUT2D eigenvalue weighted by Crippen LogP contribution is -2.22. The number of rotatable bonds is 7. The summed E-state index contributed by atoms with van der Waals surface area (Å²) in [5, 5.41) is 30.1. The maximum absolute atomic E-state index is 12.4. The third-order valence-electron chi connectivity index (χ3n) is 4.16. The SMILES string of the molecule is COc1ccc([C@@H](OC(=O)Nc2ccc(C#N)cc2)[C@H](C)/C=C/C(=O)NO)cc1O. The van der Waals surface area contributed by atoms with E-state index < -0.39 is 24.0 Å². The van der Waals surface area contributed by atoms with E-state index in [1.54, 1.807) is 37.3 Å². The number of carbonyl (C=O) groups excluding carboxylic acids is 2. The molecule has 2 rings (SSSR count). The summed E-state index contributed by atoms with van der Waals surface area (Å²) in [6, 6.07) is 12.7. The van der Waals surface area contributed by atoms with Gasteiger partial charge in [-0.05, 0) is 42.0 Å². The zero-order valence-corrected chi connectivity index (χ0v) is 16.3. The Bertz CT molecular complexity index is 966. The van der Waals surface area contributed by atoms with Crippen molar-refractivity contribution in [2.45, 2.75) is 13.0 Å². The fraction of sp³-hybridized carbons (Fsp3) is 0.190. The van der Waals surface area contributed by atoms with Gasteiger partial charge in [0.15, 0.2) is 11.5 Å². The quantitative estimate of drug-likeness (QED) is 0.311. The maximum atomic E-state index is 12.4. The highest BCUT2D eigenvalue weighted by Crippen LogP contribution is 2.34. The molecule has 0 unspecified atom stereocenters. The van der Waals surface area contributed by atoms with Crippen molar-refractivity contribution in [1.29, 1.82) is 5.26 Å². The number of anilines is 1. The molecule has 0 aliphatic carbocycles. The number of amides is 2. The fourth-order valence-electron chi connectivity index (χ4n) is 2.63. The predicted octanol–water partition coefficient (Wildman–Crippen LogP) is 3.26. The van der Waals surface area contributed by atoms with Crippen LogP contribution >= 0.6 is 0 Å². The average Bonchev–Trinajstić information content (AvgIpc) is 2.76. The minimum absolute atomic E-state index is 0.139. The number of nitrogens with one attached hydrogen (secondary N) is 2. The van der Waals surface area contributed by atoms with Gasteiger partial charge >= 0.3 is 6.09 Å². The molecule has 0 bridgehead atoms. The molecule has 0 aromatic heterocycles. The van der Waals surface area contributed by atoms with Gasteiger partial charge < -0.3 is 14.6 Å². The molecular formula is C21H21N3O6. The van der Waals surface area contributed by atoms with Crippen LogP contribution in [0.15, 0.2) is 54.6 Å². The number of phenolic OH excluding ortho intramolecular Hbond substituents is 1. The number of phenols is 1. The molecule has 0 heterocycles. The molecule has 9 heteroatoms. The molecule has 4 N–H and O–H groups in total. The first-order valence-corrected chi connectivity index (χ1v) is 8.85. The predicted molar refractivity (Wildman–Crippen MR) is 107 cm³/mol. The number of benzene rings is 2. The van der Waals surface area contributed by atoms with E-state index in [1.807, 2.05) is 6.07 Å². The summed E-state index contributed by atoms with van der Waals surface area (Å²) in [5.41, 5.74) is 2.82. The number of hydrogen-bond acceptors (Lipinski definition) is 7. The molecule has 0 radical (unpaired) electrons. The van der Waals surface area contributed by atoms with Crippen LogP contribution in [0, 0.1) is 17.2 Å². The van der Waals surface area contributed by atoms with E-state index in [0.29, 0.717) is 16.8 Å². The molecule has 0 saturated heterocycles. The molecule has 0 saturated carbocycles. The Morgan fingerprint density at radius 1 is 1.20 bits per heavy atom. The van der Waals surface area contributed by atoms with Crippen LogP contribution in [0.4, 0.5) is 10.5 Å². The molecular weight excluding hydrogens is 390 g/mol. The molecule has 30 heavy (non-hydrogen) atoms. The van der Waals surface area contributed by atoms with Crippen LogP contribution in [0.3, 0.4) is 0 Å². The van der Waals surface area contributed by atoms with E-state index in [2.05, 4.69) is 5.32 Å². The lowest BCUT2D eigenvalue weighted by atomic mass is 9.96. The second-order valence-corrected chi connectivity index (χ2v) is 6.27. The van der Waals surface area contributed by atoms with E-state index in [9.17, 15) is 14.7 Å². The van der Waals surface area contributed by atoms with Crippen molar-refractivity contribution >= 4 is 17.7 Å². The second-order valence-electron chi connectivity index (χ2n) is 6.27. The van der Waals surface area contributed by atoms with Gasteiger partial charge in [0, 0.05) is 17.7 Å². The largest absolute Gasteiger partial charge is 0.504 e. The second kappa shape index (κ2) is 10.5. The zero-order valence-electron chi connectivity index (χ0n) is 16.3. The molecule has 2 atom stereocenters. The number of hydroxylamine groups is 1. The van der Waals surface area contributed by atoms with Gasteiger partial charge in [-0.15, -0.1) is 0 Å². The number of nitriles is 1. The van der Waals surface area contributed by atoms with Gasteiger partial charge in [-0.2, -0.15) is 5.26 Å². The maximum Gasteiger partial charge on any atom is 0.412 e. The fourth-order valence-corrected chi connectivity index (χ4v) is 2.63. The third kappa shape index (κ3) is 5.98. The Morgan fingerprint density at radius 3 is 2.47 bits per heavy atom.